The molecule has 6 heteroatoms. The van der Waals surface area contributed by atoms with Gasteiger partial charge in [0.25, 0.3) is 5.91 Å². The Morgan fingerprint density at radius 1 is 1.24 bits per heavy atom. The van der Waals surface area contributed by atoms with Gasteiger partial charge in [0, 0.05) is 17.1 Å². The van der Waals surface area contributed by atoms with E-state index in [-0.39, 0.29) is 11.1 Å². The highest BCUT2D eigenvalue weighted by molar-refractivity contribution is 9.10. The van der Waals surface area contributed by atoms with Gasteiger partial charge in [-0.3, -0.25) is 4.79 Å². The second-order valence-corrected chi connectivity index (χ2v) is 6.24. The molecule has 1 aromatic heterocycles. The van der Waals surface area contributed by atoms with Gasteiger partial charge in [-0.1, -0.05) is 45.7 Å². The Morgan fingerprint density at radius 3 is 2.62 bits per heavy atom. The average molecular weight is 367 g/mol. The van der Waals surface area contributed by atoms with Gasteiger partial charge in [-0.2, -0.15) is 0 Å². The predicted molar refractivity (Wildman–Crippen MR) is 84.1 cm³/mol. The molecule has 3 rings (SSSR count). The molecule has 1 aliphatic rings. The number of hydrogen-bond acceptors (Lipinski definition) is 3. The number of aromatic nitrogens is 2. The molecule has 1 saturated carbocycles. The Morgan fingerprint density at radius 2 is 2.00 bits per heavy atom. The van der Waals surface area contributed by atoms with Crippen LogP contribution >= 0.6 is 27.5 Å². The summed E-state index contributed by atoms with van der Waals surface area (Å²) in [6.45, 7) is 0.565. The summed E-state index contributed by atoms with van der Waals surface area (Å²) < 4.78 is 1.01. The number of rotatable bonds is 4. The zero-order valence-corrected chi connectivity index (χ0v) is 13.5. The Kier molecular flexibility index (Phi) is 4.22. The smallest absolute Gasteiger partial charge is 0.274 e. The van der Waals surface area contributed by atoms with E-state index < -0.39 is 0 Å². The highest BCUT2D eigenvalue weighted by atomic mass is 79.9. The van der Waals surface area contributed by atoms with Crippen molar-refractivity contribution in [1.29, 1.82) is 0 Å². The van der Waals surface area contributed by atoms with E-state index >= 15 is 0 Å². The normalized spacial score (nSPS) is 14.0. The van der Waals surface area contributed by atoms with Crippen LogP contribution in [0.1, 0.15) is 28.9 Å². The molecule has 1 amide bonds. The quantitative estimate of drug-likeness (QED) is 0.829. The van der Waals surface area contributed by atoms with Crippen LogP contribution in [0.2, 0.25) is 5.15 Å². The van der Waals surface area contributed by atoms with Gasteiger partial charge in [-0.15, -0.1) is 10.2 Å². The maximum absolute atomic E-state index is 12.6. The zero-order chi connectivity index (χ0) is 14.8. The fraction of sp³-hybridized carbons (Fsp3) is 0.267. The van der Waals surface area contributed by atoms with Crippen molar-refractivity contribution >= 4 is 33.4 Å². The van der Waals surface area contributed by atoms with Crippen molar-refractivity contribution in [3.8, 4) is 0 Å². The fourth-order valence-corrected chi connectivity index (χ4v) is 2.65. The lowest BCUT2D eigenvalue weighted by Crippen LogP contribution is -2.33. The molecular weight excluding hydrogens is 354 g/mol. The summed E-state index contributed by atoms with van der Waals surface area (Å²) in [7, 11) is 0. The Bertz CT molecular complexity index is 658. The average Bonchev–Trinajstić information content (AvgIpc) is 3.31. The number of halogens is 2. The monoisotopic (exact) mass is 365 g/mol. The zero-order valence-electron chi connectivity index (χ0n) is 11.2. The van der Waals surface area contributed by atoms with E-state index in [1.807, 2.05) is 29.2 Å². The predicted octanol–water partition coefficient (Wildman–Crippen LogP) is 3.70. The van der Waals surface area contributed by atoms with E-state index in [1.54, 1.807) is 12.1 Å². The van der Waals surface area contributed by atoms with Gasteiger partial charge in [0.1, 0.15) is 0 Å². The maximum atomic E-state index is 12.6. The van der Waals surface area contributed by atoms with E-state index in [0.717, 1.165) is 22.9 Å². The van der Waals surface area contributed by atoms with Gasteiger partial charge >= 0.3 is 0 Å². The summed E-state index contributed by atoms with van der Waals surface area (Å²) in [4.78, 5) is 14.5. The molecule has 0 atom stereocenters. The van der Waals surface area contributed by atoms with E-state index in [4.69, 9.17) is 11.6 Å². The van der Waals surface area contributed by atoms with Crippen LogP contribution in [0, 0.1) is 0 Å². The Labute approximate surface area is 136 Å². The second-order valence-electron chi connectivity index (χ2n) is 5.00. The van der Waals surface area contributed by atoms with Crippen molar-refractivity contribution in [2.45, 2.75) is 25.4 Å². The van der Waals surface area contributed by atoms with E-state index in [0.29, 0.717) is 18.3 Å². The van der Waals surface area contributed by atoms with Crippen molar-refractivity contribution in [3.63, 3.8) is 0 Å². The van der Waals surface area contributed by atoms with Crippen molar-refractivity contribution in [3.05, 3.63) is 57.3 Å². The fourth-order valence-electron chi connectivity index (χ4n) is 2.14. The molecule has 4 nitrogen and oxygen atoms in total. The SMILES string of the molecule is O=C(c1ccc(Cl)nn1)N(Cc1ccccc1Br)C1CC1. The summed E-state index contributed by atoms with van der Waals surface area (Å²) in [5.74, 6) is -0.0996. The third kappa shape index (κ3) is 3.41. The van der Waals surface area contributed by atoms with Crippen molar-refractivity contribution in [2.24, 2.45) is 0 Å². The third-order valence-corrected chi connectivity index (χ3v) is 4.37. The van der Waals surface area contributed by atoms with Crippen LogP contribution < -0.4 is 0 Å². The molecule has 1 heterocycles. The van der Waals surface area contributed by atoms with Gasteiger partial charge < -0.3 is 4.90 Å². The molecule has 0 aliphatic heterocycles. The number of carbonyl (C=O) groups excluding carboxylic acids is 1. The third-order valence-electron chi connectivity index (χ3n) is 3.40. The topological polar surface area (TPSA) is 46.1 Å². The van der Waals surface area contributed by atoms with E-state index in [9.17, 15) is 4.79 Å². The van der Waals surface area contributed by atoms with Gasteiger partial charge in [0.05, 0.1) is 0 Å². The molecule has 1 aliphatic carbocycles. The molecule has 2 aromatic rings. The van der Waals surface area contributed by atoms with E-state index in [1.165, 1.54) is 0 Å². The summed E-state index contributed by atoms with van der Waals surface area (Å²) in [6, 6.07) is 11.4. The first kappa shape index (κ1) is 14.5. The molecule has 1 aromatic carbocycles. The first-order valence-electron chi connectivity index (χ1n) is 6.69. The van der Waals surface area contributed by atoms with Crippen LogP contribution in [0.25, 0.3) is 0 Å². The van der Waals surface area contributed by atoms with Crippen LogP contribution in [-0.4, -0.2) is 27.0 Å². The minimum Gasteiger partial charge on any atom is -0.330 e. The molecule has 0 bridgehead atoms. The van der Waals surface area contributed by atoms with Gasteiger partial charge in [-0.05, 0) is 36.6 Å². The summed E-state index contributed by atoms with van der Waals surface area (Å²) >= 11 is 9.24. The lowest BCUT2D eigenvalue weighted by Gasteiger charge is -2.22. The molecule has 0 saturated heterocycles. The molecule has 21 heavy (non-hydrogen) atoms. The largest absolute Gasteiger partial charge is 0.330 e. The lowest BCUT2D eigenvalue weighted by molar-refractivity contribution is 0.0722. The van der Waals surface area contributed by atoms with Crippen molar-refractivity contribution in [1.82, 2.24) is 15.1 Å². The second kappa shape index (κ2) is 6.12. The molecule has 108 valence electrons. The Hall–Kier alpha value is -1.46. The maximum Gasteiger partial charge on any atom is 0.274 e. The number of hydrogen-bond donors (Lipinski definition) is 0. The van der Waals surface area contributed by atoms with Crippen LogP contribution in [0.15, 0.2) is 40.9 Å². The van der Waals surface area contributed by atoms with Gasteiger partial charge in [0.2, 0.25) is 0 Å². The standard InChI is InChI=1S/C15H13BrClN3O/c16-12-4-2-1-3-10(12)9-20(11-5-6-11)15(21)13-7-8-14(17)19-18-13/h1-4,7-8,11H,5-6,9H2. The molecule has 0 N–H and O–H groups in total. The first-order chi connectivity index (χ1) is 10.1. The molecule has 0 unspecified atom stereocenters. The molecule has 1 fully saturated rings. The van der Waals surface area contributed by atoms with Crippen molar-refractivity contribution < 1.29 is 4.79 Å². The molecule has 0 radical (unpaired) electrons. The van der Waals surface area contributed by atoms with Crippen LogP contribution in [-0.2, 0) is 6.54 Å². The number of benzene rings is 1. The summed E-state index contributed by atoms with van der Waals surface area (Å²) in [5, 5.41) is 7.92. The number of carbonyl (C=O) groups is 1. The summed E-state index contributed by atoms with van der Waals surface area (Å²) in [5.41, 5.74) is 1.41. The van der Waals surface area contributed by atoms with Gasteiger partial charge in [0.15, 0.2) is 10.8 Å². The number of amides is 1. The van der Waals surface area contributed by atoms with Crippen molar-refractivity contribution in [2.75, 3.05) is 0 Å². The minimum absolute atomic E-state index is 0.0996. The lowest BCUT2D eigenvalue weighted by atomic mass is 10.2. The minimum atomic E-state index is -0.0996. The van der Waals surface area contributed by atoms with Crippen LogP contribution in [0.5, 0.6) is 0 Å². The highest BCUT2D eigenvalue weighted by Crippen LogP contribution is 2.31. The van der Waals surface area contributed by atoms with Gasteiger partial charge in [-0.25, -0.2) is 0 Å². The Balaban J connectivity index is 1.83. The molecule has 0 spiro atoms. The highest BCUT2D eigenvalue weighted by Gasteiger charge is 2.34. The number of nitrogens with zero attached hydrogens (tertiary/aromatic N) is 3. The first-order valence-corrected chi connectivity index (χ1v) is 7.86. The van der Waals surface area contributed by atoms with Crippen LogP contribution in [0.3, 0.4) is 0 Å². The molecular formula is C15H13BrClN3O. The summed E-state index contributed by atoms with van der Waals surface area (Å²) in [6.07, 6.45) is 2.08. The van der Waals surface area contributed by atoms with E-state index in [2.05, 4.69) is 26.1 Å². The van der Waals surface area contributed by atoms with Crippen LogP contribution in [0.4, 0.5) is 0 Å².